The lowest BCUT2D eigenvalue weighted by atomic mass is 10.0. The van der Waals surface area contributed by atoms with E-state index in [1.807, 2.05) is 32.9 Å². The second kappa shape index (κ2) is 4.99. The molecule has 0 N–H and O–H groups in total. The number of hydrogen-bond acceptors (Lipinski definition) is 2. The maximum atomic E-state index is 12.2. The Bertz CT molecular complexity index is 502. The molecule has 96 valence electrons. The fourth-order valence-electron chi connectivity index (χ4n) is 2.58. The first-order chi connectivity index (χ1) is 8.45. The molecule has 18 heavy (non-hydrogen) atoms. The lowest BCUT2D eigenvalue weighted by molar-refractivity contribution is -0.122. The van der Waals surface area contributed by atoms with Gasteiger partial charge in [0.15, 0.2) is 0 Å². The van der Waals surface area contributed by atoms with Crippen molar-refractivity contribution >= 4 is 40.1 Å². The van der Waals surface area contributed by atoms with Crippen LogP contribution in [0.4, 0.5) is 5.69 Å². The maximum absolute atomic E-state index is 12.2. The van der Waals surface area contributed by atoms with Gasteiger partial charge in [0.25, 0.3) is 0 Å². The number of alkyl halides is 1. The summed E-state index contributed by atoms with van der Waals surface area (Å²) >= 11 is 2.17. The molecule has 1 atom stereocenters. The molecule has 1 aliphatic rings. The topological polar surface area (TPSA) is 37.4 Å². The van der Waals surface area contributed by atoms with E-state index < -0.39 is 0 Å². The van der Waals surface area contributed by atoms with Crippen LogP contribution in [-0.2, 0) is 9.59 Å². The summed E-state index contributed by atoms with van der Waals surface area (Å²) in [5, 5.41) is 0. The molecule has 0 aliphatic carbocycles. The van der Waals surface area contributed by atoms with Gasteiger partial charge in [0.05, 0.1) is 11.6 Å². The number of hydrogen-bond donors (Lipinski definition) is 0. The number of halogens is 1. The van der Waals surface area contributed by atoms with E-state index in [2.05, 4.69) is 22.6 Å². The van der Waals surface area contributed by atoms with Crippen molar-refractivity contribution < 1.29 is 9.59 Å². The van der Waals surface area contributed by atoms with Crippen LogP contribution in [0.2, 0.25) is 0 Å². The molecule has 1 aromatic carbocycles. The lowest BCUT2D eigenvalue weighted by Gasteiger charge is -2.20. The molecule has 1 aliphatic heterocycles. The Hall–Kier alpha value is -0.910. The molecule has 2 rings (SSSR count). The van der Waals surface area contributed by atoms with Crippen LogP contribution in [-0.4, -0.2) is 16.2 Å². The Morgan fingerprint density at radius 1 is 1.22 bits per heavy atom. The molecular formula is C14H16INO2. The summed E-state index contributed by atoms with van der Waals surface area (Å²) in [5.41, 5.74) is 3.91. The van der Waals surface area contributed by atoms with Gasteiger partial charge >= 0.3 is 0 Å². The fourth-order valence-corrected chi connectivity index (χ4v) is 3.26. The summed E-state index contributed by atoms with van der Waals surface area (Å²) in [6.45, 7) is 5.92. The molecule has 2 amide bonds. The fraction of sp³-hybridized carbons (Fsp3) is 0.429. The number of nitrogens with zero attached hydrogens (tertiary/aromatic N) is 1. The lowest BCUT2D eigenvalue weighted by Crippen LogP contribution is -2.32. The summed E-state index contributed by atoms with van der Waals surface area (Å²) < 4.78 is 0.697. The Labute approximate surface area is 121 Å². The minimum atomic E-state index is -0.154. The zero-order chi connectivity index (χ0) is 13.4. The number of imide groups is 1. The minimum Gasteiger partial charge on any atom is -0.274 e. The number of amides is 2. The van der Waals surface area contributed by atoms with E-state index in [0.29, 0.717) is 10.8 Å². The average molecular weight is 357 g/mol. The van der Waals surface area contributed by atoms with E-state index >= 15 is 0 Å². The zero-order valence-electron chi connectivity index (χ0n) is 10.8. The largest absolute Gasteiger partial charge is 0.274 e. The smallest absolute Gasteiger partial charge is 0.238 e. The summed E-state index contributed by atoms with van der Waals surface area (Å²) in [5.74, 6) is -0.278. The molecule has 0 aromatic heterocycles. The second-order valence-corrected chi connectivity index (χ2v) is 5.75. The molecule has 0 spiro atoms. The number of carbonyl (C=O) groups excluding carboxylic acids is 2. The van der Waals surface area contributed by atoms with Gasteiger partial charge in [-0.15, -0.1) is 0 Å². The van der Waals surface area contributed by atoms with Gasteiger partial charge in [-0.2, -0.15) is 0 Å². The Balaban J connectivity index is 2.50. The normalized spacial score (nSPS) is 19.8. The quantitative estimate of drug-likeness (QED) is 0.464. The van der Waals surface area contributed by atoms with Crippen molar-refractivity contribution in [2.45, 2.75) is 27.2 Å². The molecule has 1 aromatic rings. The highest BCUT2D eigenvalue weighted by atomic mass is 127. The molecule has 0 bridgehead atoms. The van der Waals surface area contributed by atoms with Crippen molar-refractivity contribution in [1.29, 1.82) is 0 Å². The van der Waals surface area contributed by atoms with Gasteiger partial charge < -0.3 is 0 Å². The standard InChI is InChI=1S/C14H16INO2/c1-8-4-9(2)13(10(3)5-8)16-12(17)6-11(7-15)14(16)18/h4-5,11H,6-7H2,1-3H3. The summed E-state index contributed by atoms with van der Waals surface area (Å²) in [6.07, 6.45) is 0.342. The number of carbonyl (C=O) groups is 2. The minimum absolute atomic E-state index is 0.0514. The third-order valence-corrected chi connectivity index (χ3v) is 4.35. The van der Waals surface area contributed by atoms with Crippen LogP contribution in [0.3, 0.4) is 0 Å². The van der Waals surface area contributed by atoms with Crippen molar-refractivity contribution in [2.75, 3.05) is 9.33 Å². The molecule has 1 saturated heterocycles. The number of aryl methyl sites for hydroxylation is 3. The Morgan fingerprint density at radius 3 is 2.22 bits per heavy atom. The molecule has 1 heterocycles. The first-order valence-corrected chi connectivity index (χ1v) is 7.49. The molecule has 0 saturated carbocycles. The van der Waals surface area contributed by atoms with Crippen molar-refractivity contribution in [3.63, 3.8) is 0 Å². The third-order valence-electron chi connectivity index (χ3n) is 3.29. The number of anilines is 1. The molecule has 0 radical (unpaired) electrons. The van der Waals surface area contributed by atoms with E-state index in [0.717, 1.165) is 22.4 Å². The molecule has 4 heteroatoms. The van der Waals surface area contributed by atoms with Crippen LogP contribution < -0.4 is 4.90 Å². The summed E-state index contributed by atoms with van der Waals surface area (Å²) in [6, 6.07) is 4.03. The van der Waals surface area contributed by atoms with Gasteiger partial charge in [-0.25, -0.2) is 4.90 Å². The highest BCUT2D eigenvalue weighted by Gasteiger charge is 2.39. The van der Waals surface area contributed by atoms with Gasteiger partial charge in [-0.3, -0.25) is 9.59 Å². The monoisotopic (exact) mass is 357 g/mol. The van der Waals surface area contributed by atoms with Crippen molar-refractivity contribution in [2.24, 2.45) is 5.92 Å². The van der Waals surface area contributed by atoms with Gasteiger partial charge in [0.1, 0.15) is 0 Å². The maximum Gasteiger partial charge on any atom is 0.238 e. The predicted octanol–water partition coefficient (Wildman–Crippen LogP) is 2.93. The van der Waals surface area contributed by atoms with Crippen molar-refractivity contribution in [1.82, 2.24) is 0 Å². The second-order valence-electron chi connectivity index (χ2n) is 4.87. The van der Waals surface area contributed by atoms with E-state index in [9.17, 15) is 9.59 Å². The van der Waals surface area contributed by atoms with Gasteiger partial charge in [-0.05, 0) is 31.9 Å². The highest BCUT2D eigenvalue weighted by molar-refractivity contribution is 14.1. The van der Waals surface area contributed by atoms with E-state index in [1.54, 1.807) is 0 Å². The molecule has 3 nitrogen and oxygen atoms in total. The molecule has 1 unspecified atom stereocenters. The van der Waals surface area contributed by atoms with Crippen LogP contribution in [0.15, 0.2) is 12.1 Å². The number of rotatable bonds is 2. The van der Waals surface area contributed by atoms with Crippen LogP contribution >= 0.6 is 22.6 Å². The van der Waals surface area contributed by atoms with Gasteiger partial charge in [-0.1, -0.05) is 40.3 Å². The number of benzene rings is 1. The Kier molecular flexibility index (Phi) is 3.75. The van der Waals surface area contributed by atoms with Gasteiger partial charge in [0, 0.05) is 10.8 Å². The van der Waals surface area contributed by atoms with E-state index in [1.165, 1.54) is 4.90 Å². The molecule has 1 fully saturated rings. The first kappa shape index (κ1) is 13.5. The van der Waals surface area contributed by atoms with Gasteiger partial charge in [0.2, 0.25) is 11.8 Å². The van der Waals surface area contributed by atoms with Crippen LogP contribution in [0, 0.1) is 26.7 Å². The van der Waals surface area contributed by atoms with E-state index in [4.69, 9.17) is 0 Å². The highest BCUT2D eigenvalue weighted by Crippen LogP contribution is 2.33. The predicted molar refractivity (Wildman–Crippen MR) is 80.1 cm³/mol. The SMILES string of the molecule is Cc1cc(C)c(N2C(=O)CC(CI)C2=O)c(C)c1. The zero-order valence-corrected chi connectivity index (χ0v) is 12.9. The summed E-state index contributed by atoms with van der Waals surface area (Å²) in [4.78, 5) is 25.7. The van der Waals surface area contributed by atoms with Crippen molar-refractivity contribution in [3.8, 4) is 0 Å². The van der Waals surface area contributed by atoms with Crippen LogP contribution in [0.5, 0.6) is 0 Å². The molecular weight excluding hydrogens is 341 g/mol. The summed E-state index contributed by atoms with van der Waals surface area (Å²) in [7, 11) is 0. The Morgan fingerprint density at radius 2 is 1.78 bits per heavy atom. The van der Waals surface area contributed by atoms with E-state index in [-0.39, 0.29) is 17.7 Å². The first-order valence-electron chi connectivity index (χ1n) is 5.96. The van der Waals surface area contributed by atoms with Crippen molar-refractivity contribution in [3.05, 3.63) is 28.8 Å². The van der Waals surface area contributed by atoms with Crippen LogP contribution in [0.25, 0.3) is 0 Å². The third kappa shape index (κ3) is 2.18. The van der Waals surface area contributed by atoms with Crippen LogP contribution in [0.1, 0.15) is 23.1 Å². The average Bonchev–Trinajstić information content (AvgIpc) is 2.55.